The summed E-state index contributed by atoms with van der Waals surface area (Å²) in [4.78, 5) is 2.35. The number of ether oxygens (including phenoxy) is 3. The average Bonchev–Trinajstić information content (AvgIpc) is 2.59. The van der Waals surface area contributed by atoms with Crippen LogP contribution in [0.25, 0.3) is 0 Å². The molecule has 0 atom stereocenters. The number of likely N-dealkylation sites (tertiary alicyclic amines) is 1. The minimum Gasteiger partial charge on any atom is -0.493 e. The van der Waals surface area contributed by atoms with Crippen LogP contribution in [-0.2, 0) is 9.84 Å². The lowest BCUT2D eigenvalue weighted by Gasteiger charge is -2.26. The predicted octanol–water partition coefficient (Wildman–Crippen LogP) is 1.97. The Morgan fingerprint density at radius 1 is 0.957 bits per heavy atom. The van der Waals surface area contributed by atoms with E-state index in [0.717, 1.165) is 25.9 Å². The van der Waals surface area contributed by atoms with E-state index in [1.54, 1.807) is 6.07 Å². The smallest absolute Gasteiger partial charge is 0.204 e. The van der Waals surface area contributed by atoms with Gasteiger partial charge in [0.15, 0.2) is 21.3 Å². The molecule has 0 aromatic heterocycles. The van der Waals surface area contributed by atoms with Gasteiger partial charge in [0.2, 0.25) is 5.75 Å². The van der Waals surface area contributed by atoms with Crippen LogP contribution in [0.15, 0.2) is 17.0 Å². The molecule has 2 rings (SSSR count). The van der Waals surface area contributed by atoms with Crippen molar-refractivity contribution in [1.29, 1.82) is 0 Å². The van der Waals surface area contributed by atoms with E-state index >= 15 is 0 Å². The van der Waals surface area contributed by atoms with E-state index in [4.69, 9.17) is 14.2 Å². The fourth-order valence-electron chi connectivity index (χ4n) is 2.86. The standard InChI is InChI=1S/C16H25NO5S/c1-20-13-7-8-14(16(22-3)15(13)21-2)23(18,19)12-11-17-9-5-4-6-10-17/h7-8H,4-6,9-12H2,1-3H3. The van der Waals surface area contributed by atoms with Gasteiger partial charge in [0, 0.05) is 6.54 Å². The van der Waals surface area contributed by atoms with Crippen LogP contribution in [-0.4, -0.2) is 60.0 Å². The van der Waals surface area contributed by atoms with Gasteiger partial charge in [-0.3, -0.25) is 0 Å². The zero-order chi connectivity index (χ0) is 16.9. The second-order valence-corrected chi connectivity index (χ2v) is 7.63. The van der Waals surface area contributed by atoms with E-state index in [-0.39, 0.29) is 16.4 Å². The molecule has 1 fully saturated rings. The van der Waals surface area contributed by atoms with Crippen LogP contribution in [0.5, 0.6) is 17.2 Å². The number of sulfone groups is 1. The molecule has 130 valence electrons. The molecule has 0 aliphatic carbocycles. The fourth-order valence-corrected chi connectivity index (χ4v) is 4.31. The molecule has 6 nitrogen and oxygen atoms in total. The van der Waals surface area contributed by atoms with Crippen molar-refractivity contribution in [3.05, 3.63) is 12.1 Å². The zero-order valence-electron chi connectivity index (χ0n) is 14.0. The van der Waals surface area contributed by atoms with E-state index in [1.165, 1.54) is 33.8 Å². The van der Waals surface area contributed by atoms with Crippen molar-refractivity contribution in [1.82, 2.24) is 4.90 Å². The minimum absolute atomic E-state index is 0.0683. The highest BCUT2D eigenvalue weighted by atomic mass is 32.2. The predicted molar refractivity (Wildman–Crippen MR) is 88.4 cm³/mol. The Labute approximate surface area is 138 Å². The van der Waals surface area contributed by atoms with Crippen molar-refractivity contribution in [3.8, 4) is 17.2 Å². The molecule has 1 saturated heterocycles. The van der Waals surface area contributed by atoms with Crippen LogP contribution >= 0.6 is 0 Å². The molecule has 0 amide bonds. The lowest BCUT2D eigenvalue weighted by molar-refractivity contribution is 0.241. The summed E-state index contributed by atoms with van der Waals surface area (Å²) in [5, 5.41) is 0. The van der Waals surface area contributed by atoms with Gasteiger partial charge in [-0.1, -0.05) is 6.42 Å². The normalized spacial score (nSPS) is 16.1. The lowest BCUT2D eigenvalue weighted by atomic mass is 10.1. The van der Waals surface area contributed by atoms with Crippen LogP contribution in [0, 0.1) is 0 Å². The summed E-state index contributed by atoms with van der Waals surface area (Å²) in [6.45, 7) is 2.48. The van der Waals surface area contributed by atoms with Crippen molar-refractivity contribution in [3.63, 3.8) is 0 Å². The minimum atomic E-state index is -3.46. The lowest BCUT2D eigenvalue weighted by Crippen LogP contribution is -2.34. The van der Waals surface area contributed by atoms with E-state index in [1.807, 2.05) is 0 Å². The van der Waals surface area contributed by atoms with E-state index in [9.17, 15) is 8.42 Å². The Balaban J connectivity index is 2.24. The van der Waals surface area contributed by atoms with Crippen molar-refractivity contribution in [2.45, 2.75) is 24.2 Å². The first kappa shape index (κ1) is 17.9. The molecule has 0 unspecified atom stereocenters. The number of hydrogen-bond acceptors (Lipinski definition) is 6. The SMILES string of the molecule is COc1ccc(S(=O)(=O)CCN2CCCCC2)c(OC)c1OC. The topological polar surface area (TPSA) is 65.1 Å². The molecule has 1 aromatic rings. The first-order chi connectivity index (χ1) is 11.0. The molecule has 0 bridgehead atoms. The summed E-state index contributed by atoms with van der Waals surface area (Å²) >= 11 is 0. The van der Waals surface area contributed by atoms with E-state index in [2.05, 4.69) is 4.90 Å². The first-order valence-electron chi connectivity index (χ1n) is 7.77. The molecule has 1 aromatic carbocycles. The second-order valence-electron chi connectivity index (χ2n) is 5.55. The van der Waals surface area contributed by atoms with Gasteiger partial charge in [0.25, 0.3) is 0 Å². The van der Waals surface area contributed by atoms with Crippen LogP contribution in [0.2, 0.25) is 0 Å². The van der Waals surface area contributed by atoms with Gasteiger partial charge in [-0.05, 0) is 38.1 Å². The van der Waals surface area contributed by atoms with Gasteiger partial charge in [-0.25, -0.2) is 8.42 Å². The quantitative estimate of drug-likeness (QED) is 0.754. The Hall–Kier alpha value is -1.47. The van der Waals surface area contributed by atoms with Crippen LogP contribution in [0.1, 0.15) is 19.3 Å². The third-order valence-electron chi connectivity index (χ3n) is 4.13. The number of methoxy groups -OCH3 is 3. The Morgan fingerprint density at radius 2 is 1.61 bits per heavy atom. The van der Waals surface area contributed by atoms with Gasteiger partial charge in [-0.15, -0.1) is 0 Å². The molecule has 7 heteroatoms. The third-order valence-corrected chi connectivity index (χ3v) is 5.84. The van der Waals surface area contributed by atoms with E-state index in [0.29, 0.717) is 18.0 Å². The van der Waals surface area contributed by atoms with Crippen molar-refractivity contribution >= 4 is 9.84 Å². The van der Waals surface area contributed by atoms with Crippen molar-refractivity contribution < 1.29 is 22.6 Å². The summed E-state index contributed by atoms with van der Waals surface area (Å²) in [5.74, 6) is 1.01. The van der Waals surface area contributed by atoms with Crippen LogP contribution < -0.4 is 14.2 Å². The van der Waals surface area contributed by atoms with E-state index < -0.39 is 9.84 Å². The van der Waals surface area contributed by atoms with Gasteiger partial charge < -0.3 is 19.1 Å². The molecule has 1 aliphatic rings. The second kappa shape index (κ2) is 7.88. The molecule has 23 heavy (non-hydrogen) atoms. The Morgan fingerprint density at radius 3 is 2.17 bits per heavy atom. The largest absolute Gasteiger partial charge is 0.493 e. The number of rotatable bonds is 7. The van der Waals surface area contributed by atoms with Crippen LogP contribution in [0.3, 0.4) is 0 Å². The number of nitrogens with zero attached hydrogens (tertiary/aromatic N) is 1. The summed E-state index contributed by atoms with van der Waals surface area (Å²) < 4.78 is 41.2. The molecule has 0 radical (unpaired) electrons. The molecule has 1 aliphatic heterocycles. The number of piperidine rings is 1. The maximum atomic E-state index is 12.7. The third kappa shape index (κ3) is 4.09. The number of hydrogen-bond donors (Lipinski definition) is 0. The summed E-state index contributed by atoms with van der Waals surface area (Å²) in [5.41, 5.74) is 0. The van der Waals surface area contributed by atoms with Gasteiger partial charge in [-0.2, -0.15) is 0 Å². The number of benzene rings is 1. The molecule has 0 N–H and O–H groups in total. The Bertz CT molecular complexity index is 624. The Kier molecular flexibility index (Phi) is 6.12. The van der Waals surface area contributed by atoms with Gasteiger partial charge in [0.1, 0.15) is 4.90 Å². The van der Waals surface area contributed by atoms with Gasteiger partial charge in [0.05, 0.1) is 27.1 Å². The van der Waals surface area contributed by atoms with Crippen molar-refractivity contribution in [2.24, 2.45) is 0 Å². The molecule has 0 saturated carbocycles. The monoisotopic (exact) mass is 343 g/mol. The first-order valence-corrected chi connectivity index (χ1v) is 9.42. The molecular formula is C16H25NO5S. The maximum Gasteiger partial charge on any atom is 0.204 e. The zero-order valence-corrected chi connectivity index (χ0v) is 14.8. The summed E-state index contributed by atoms with van der Waals surface area (Å²) in [6.07, 6.45) is 3.51. The summed E-state index contributed by atoms with van der Waals surface area (Å²) in [7, 11) is 0.934. The average molecular weight is 343 g/mol. The van der Waals surface area contributed by atoms with Crippen LogP contribution in [0.4, 0.5) is 0 Å². The molecule has 0 spiro atoms. The highest BCUT2D eigenvalue weighted by molar-refractivity contribution is 7.91. The molecule has 1 heterocycles. The van der Waals surface area contributed by atoms with Gasteiger partial charge >= 0.3 is 0 Å². The van der Waals surface area contributed by atoms with Crippen molar-refractivity contribution in [2.75, 3.05) is 46.7 Å². The maximum absolute atomic E-state index is 12.7. The highest BCUT2D eigenvalue weighted by Gasteiger charge is 2.26. The molecular weight excluding hydrogens is 318 g/mol. The highest BCUT2D eigenvalue weighted by Crippen LogP contribution is 2.42. The fraction of sp³-hybridized carbons (Fsp3) is 0.625. The summed E-state index contributed by atoms with van der Waals surface area (Å²) in [6, 6.07) is 3.11.